The predicted molar refractivity (Wildman–Crippen MR) is 56.7 cm³/mol. The Labute approximate surface area is 82.5 Å². The second kappa shape index (κ2) is 2.73. The van der Waals surface area contributed by atoms with Gasteiger partial charge in [-0.3, -0.25) is 0 Å². The fourth-order valence-corrected chi connectivity index (χ4v) is 3.93. The van der Waals surface area contributed by atoms with Gasteiger partial charge in [-0.15, -0.1) is 0 Å². The first-order chi connectivity index (χ1) is 5.91. The van der Waals surface area contributed by atoms with Gasteiger partial charge < -0.3 is 4.90 Å². The summed E-state index contributed by atoms with van der Waals surface area (Å²) in [6, 6.07) is 0. The van der Waals surface area contributed by atoms with Gasteiger partial charge in [-0.2, -0.15) is 0 Å². The van der Waals surface area contributed by atoms with E-state index in [1.54, 1.807) is 0 Å². The van der Waals surface area contributed by atoms with Crippen LogP contribution in [0.25, 0.3) is 0 Å². The van der Waals surface area contributed by atoms with Gasteiger partial charge in [0.15, 0.2) is 0 Å². The maximum atomic E-state index is 2.51. The molecule has 2 atom stereocenters. The van der Waals surface area contributed by atoms with Crippen LogP contribution in [0.2, 0.25) is 0 Å². The van der Waals surface area contributed by atoms with Gasteiger partial charge in [0, 0.05) is 6.54 Å². The second-order valence-corrected chi connectivity index (χ2v) is 6.42. The van der Waals surface area contributed by atoms with Crippen LogP contribution < -0.4 is 0 Å². The van der Waals surface area contributed by atoms with Crippen molar-refractivity contribution < 1.29 is 0 Å². The molecular weight excluding hydrogens is 158 g/mol. The summed E-state index contributed by atoms with van der Waals surface area (Å²) in [6.45, 7) is 10.0. The minimum atomic E-state index is 0.602. The molecule has 1 aliphatic heterocycles. The van der Waals surface area contributed by atoms with E-state index in [1.807, 2.05) is 0 Å². The average molecular weight is 181 g/mol. The van der Waals surface area contributed by atoms with Crippen molar-refractivity contribution in [1.82, 2.24) is 4.90 Å². The van der Waals surface area contributed by atoms with Crippen LogP contribution in [0, 0.1) is 16.7 Å². The van der Waals surface area contributed by atoms with Crippen molar-refractivity contribution in [2.45, 2.75) is 40.0 Å². The lowest BCUT2D eigenvalue weighted by atomic mass is 9.75. The molecule has 1 aliphatic carbocycles. The van der Waals surface area contributed by atoms with Crippen molar-refractivity contribution in [3.8, 4) is 0 Å². The van der Waals surface area contributed by atoms with Crippen LogP contribution in [0.1, 0.15) is 40.0 Å². The highest BCUT2D eigenvalue weighted by molar-refractivity contribution is 5.00. The molecule has 13 heavy (non-hydrogen) atoms. The van der Waals surface area contributed by atoms with Crippen LogP contribution in [0.5, 0.6) is 0 Å². The Bertz CT molecular complexity index is 209. The number of hydrogen-bond donors (Lipinski definition) is 0. The normalized spacial score (nSPS) is 44.8. The van der Waals surface area contributed by atoms with E-state index in [4.69, 9.17) is 0 Å². The zero-order valence-electron chi connectivity index (χ0n) is 9.56. The molecule has 0 aromatic carbocycles. The lowest BCUT2D eigenvalue weighted by Crippen LogP contribution is -2.42. The van der Waals surface area contributed by atoms with Crippen LogP contribution in [-0.4, -0.2) is 25.0 Å². The van der Waals surface area contributed by atoms with Crippen molar-refractivity contribution in [3.05, 3.63) is 0 Å². The smallest absolute Gasteiger partial charge is 0.00351 e. The van der Waals surface area contributed by atoms with Gasteiger partial charge in [0.1, 0.15) is 0 Å². The zero-order valence-corrected chi connectivity index (χ0v) is 9.56. The molecule has 0 aromatic rings. The first kappa shape index (κ1) is 9.51. The number of nitrogens with zero attached hydrogens (tertiary/aromatic N) is 1. The van der Waals surface area contributed by atoms with Gasteiger partial charge in [-0.25, -0.2) is 0 Å². The van der Waals surface area contributed by atoms with Crippen LogP contribution in [0.15, 0.2) is 0 Å². The standard InChI is InChI=1S/C12H23N/c1-11(2)7-10-5-6-13(4)9-12(10,3)8-11/h10H,5-9H2,1-4H3. The summed E-state index contributed by atoms with van der Waals surface area (Å²) < 4.78 is 0. The molecule has 1 saturated carbocycles. The second-order valence-electron chi connectivity index (χ2n) is 6.42. The van der Waals surface area contributed by atoms with Crippen LogP contribution in [0.4, 0.5) is 0 Å². The van der Waals surface area contributed by atoms with Crippen molar-refractivity contribution in [3.63, 3.8) is 0 Å². The SMILES string of the molecule is CN1CCC2CC(C)(C)CC2(C)C1. The fourth-order valence-electron chi connectivity index (χ4n) is 3.93. The van der Waals surface area contributed by atoms with Gasteiger partial charge in [0.25, 0.3) is 0 Å². The zero-order chi connectivity index (χ0) is 9.69. The molecule has 0 amide bonds. The Balaban J connectivity index is 2.16. The Morgan fingerprint density at radius 2 is 1.92 bits per heavy atom. The first-order valence-electron chi connectivity index (χ1n) is 5.60. The van der Waals surface area contributed by atoms with Crippen molar-refractivity contribution in [1.29, 1.82) is 0 Å². The maximum Gasteiger partial charge on any atom is 0.00351 e. The maximum absolute atomic E-state index is 2.51. The van der Waals surface area contributed by atoms with Crippen LogP contribution in [-0.2, 0) is 0 Å². The molecule has 1 heterocycles. The Morgan fingerprint density at radius 3 is 2.62 bits per heavy atom. The summed E-state index contributed by atoms with van der Waals surface area (Å²) in [7, 11) is 2.27. The van der Waals surface area contributed by atoms with E-state index in [1.165, 1.54) is 32.4 Å². The quantitative estimate of drug-likeness (QED) is 0.555. The lowest BCUT2D eigenvalue weighted by molar-refractivity contribution is 0.0803. The largest absolute Gasteiger partial charge is 0.306 e. The van der Waals surface area contributed by atoms with Crippen molar-refractivity contribution in [2.75, 3.05) is 20.1 Å². The predicted octanol–water partition coefficient (Wildman–Crippen LogP) is 2.76. The first-order valence-corrected chi connectivity index (χ1v) is 5.60. The number of fused-ring (bicyclic) bond motifs is 1. The molecule has 2 aliphatic rings. The molecule has 2 unspecified atom stereocenters. The number of hydrogen-bond acceptors (Lipinski definition) is 1. The molecule has 1 heteroatoms. The van der Waals surface area contributed by atoms with Crippen LogP contribution >= 0.6 is 0 Å². The number of piperidine rings is 1. The number of likely N-dealkylation sites (tertiary alicyclic amines) is 1. The molecule has 0 N–H and O–H groups in total. The molecule has 1 nitrogen and oxygen atoms in total. The third-order valence-corrected chi connectivity index (χ3v) is 4.16. The lowest BCUT2D eigenvalue weighted by Gasteiger charge is -2.41. The van der Waals surface area contributed by atoms with E-state index in [0.717, 1.165) is 5.92 Å². The minimum Gasteiger partial charge on any atom is -0.306 e. The summed E-state index contributed by atoms with van der Waals surface area (Å²) in [5.41, 5.74) is 1.22. The molecule has 0 bridgehead atoms. The van der Waals surface area contributed by atoms with Crippen molar-refractivity contribution >= 4 is 0 Å². The highest BCUT2D eigenvalue weighted by atomic mass is 15.1. The molecule has 2 fully saturated rings. The topological polar surface area (TPSA) is 3.24 Å². The monoisotopic (exact) mass is 181 g/mol. The van der Waals surface area contributed by atoms with Gasteiger partial charge in [0.05, 0.1) is 0 Å². The molecule has 0 radical (unpaired) electrons. The van der Waals surface area contributed by atoms with E-state index in [-0.39, 0.29) is 0 Å². The summed E-state index contributed by atoms with van der Waals surface area (Å²) in [4.78, 5) is 2.51. The highest BCUT2D eigenvalue weighted by Crippen LogP contribution is 2.55. The molecular formula is C12H23N. The van der Waals surface area contributed by atoms with Gasteiger partial charge in [-0.1, -0.05) is 20.8 Å². The molecule has 76 valence electrons. The number of rotatable bonds is 0. The van der Waals surface area contributed by atoms with E-state index in [0.29, 0.717) is 10.8 Å². The Morgan fingerprint density at radius 1 is 1.23 bits per heavy atom. The Hall–Kier alpha value is -0.0400. The minimum absolute atomic E-state index is 0.602. The van der Waals surface area contributed by atoms with Gasteiger partial charge in [-0.05, 0) is 49.6 Å². The van der Waals surface area contributed by atoms with E-state index in [2.05, 4.69) is 32.7 Å². The van der Waals surface area contributed by atoms with Gasteiger partial charge in [0.2, 0.25) is 0 Å². The van der Waals surface area contributed by atoms with Crippen LogP contribution in [0.3, 0.4) is 0 Å². The summed E-state index contributed by atoms with van der Waals surface area (Å²) in [5, 5.41) is 0. The van der Waals surface area contributed by atoms with Crippen molar-refractivity contribution in [2.24, 2.45) is 16.7 Å². The van der Waals surface area contributed by atoms with E-state index in [9.17, 15) is 0 Å². The van der Waals surface area contributed by atoms with E-state index < -0.39 is 0 Å². The molecule has 0 spiro atoms. The molecule has 2 rings (SSSR count). The highest BCUT2D eigenvalue weighted by Gasteiger charge is 2.49. The summed E-state index contributed by atoms with van der Waals surface area (Å²) in [5.74, 6) is 0.999. The Kier molecular flexibility index (Phi) is 1.99. The summed E-state index contributed by atoms with van der Waals surface area (Å²) >= 11 is 0. The van der Waals surface area contributed by atoms with E-state index >= 15 is 0 Å². The average Bonchev–Trinajstić information content (AvgIpc) is 2.16. The summed E-state index contributed by atoms with van der Waals surface area (Å²) in [6.07, 6.45) is 4.31. The fraction of sp³-hybridized carbons (Fsp3) is 1.00. The third-order valence-electron chi connectivity index (χ3n) is 4.16. The molecule has 1 saturated heterocycles. The third kappa shape index (κ3) is 1.63. The van der Waals surface area contributed by atoms with Gasteiger partial charge >= 0.3 is 0 Å². The molecule has 0 aromatic heterocycles.